The largest absolute Gasteiger partial charge is 0.132 e. The van der Waals surface area contributed by atoms with E-state index >= 15 is 0 Å². The number of hydrogen-bond acceptors (Lipinski definition) is 2. The predicted molar refractivity (Wildman–Crippen MR) is 52.5 cm³/mol. The molecule has 1 heterocycles. The summed E-state index contributed by atoms with van der Waals surface area (Å²) in [6.45, 7) is 4.51. The number of rotatable bonds is 2. The Hall–Kier alpha value is 0.440. The molecule has 0 aromatic heterocycles. The van der Waals surface area contributed by atoms with Crippen LogP contribution in [0.25, 0.3) is 0 Å². The molecular weight excluding hydrogens is 160 g/mol. The van der Waals surface area contributed by atoms with Gasteiger partial charge in [0.15, 0.2) is 0 Å². The maximum Gasteiger partial charge on any atom is 0.0183 e. The first-order valence-corrected chi connectivity index (χ1v) is 5.77. The van der Waals surface area contributed by atoms with Crippen molar-refractivity contribution >= 4 is 23.5 Å². The van der Waals surface area contributed by atoms with E-state index in [0.717, 1.165) is 5.25 Å². The Morgan fingerprint density at radius 3 is 3.00 bits per heavy atom. The highest BCUT2D eigenvalue weighted by Crippen LogP contribution is 2.35. The van der Waals surface area contributed by atoms with Crippen molar-refractivity contribution in [2.45, 2.75) is 31.9 Å². The molecule has 58 valence electrons. The van der Waals surface area contributed by atoms with Gasteiger partial charge in [-0.15, -0.1) is 23.5 Å². The van der Waals surface area contributed by atoms with Crippen molar-refractivity contribution in [1.82, 2.24) is 0 Å². The third-order valence-corrected chi connectivity index (χ3v) is 4.57. The lowest BCUT2D eigenvalue weighted by Gasteiger charge is -2.19. The summed E-state index contributed by atoms with van der Waals surface area (Å²) in [5, 5.41) is 3.20. The number of hydrogen-bond donors (Lipinski definition) is 0. The Kier molecular flexibility index (Phi) is 3.71. The van der Waals surface area contributed by atoms with Crippen LogP contribution in [-0.4, -0.2) is 11.0 Å². The monoisotopic (exact) mass is 174 g/mol. The molecule has 0 radical (unpaired) electrons. The van der Waals surface area contributed by atoms with E-state index in [4.69, 9.17) is 0 Å². The highest BCUT2D eigenvalue weighted by Gasteiger charge is 2.12. The predicted octanol–water partition coefficient (Wildman–Crippen LogP) is 3.50. The zero-order chi connectivity index (χ0) is 7.40. The van der Waals surface area contributed by atoms with Crippen molar-refractivity contribution in [1.29, 1.82) is 0 Å². The van der Waals surface area contributed by atoms with Gasteiger partial charge in [-0.2, -0.15) is 0 Å². The average molecular weight is 174 g/mol. The van der Waals surface area contributed by atoms with Crippen molar-refractivity contribution in [3.8, 4) is 0 Å². The van der Waals surface area contributed by atoms with Crippen molar-refractivity contribution in [3.05, 3.63) is 10.3 Å². The molecule has 0 spiro atoms. The smallest absolute Gasteiger partial charge is 0.0183 e. The molecule has 0 saturated heterocycles. The fourth-order valence-electron chi connectivity index (χ4n) is 0.892. The van der Waals surface area contributed by atoms with Gasteiger partial charge in [0.1, 0.15) is 0 Å². The summed E-state index contributed by atoms with van der Waals surface area (Å²) >= 11 is 4.05. The van der Waals surface area contributed by atoms with Crippen LogP contribution in [0.5, 0.6) is 0 Å². The minimum Gasteiger partial charge on any atom is -0.132 e. The van der Waals surface area contributed by atoms with Crippen LogP contribution in [0.15, 0.2) is 10.3 Å². The maximum atomic E-state index is 2.32. The number of allylic oxidation sites excluding steroid dienone is 1. The van der Waals surface area contributed by atoms with Crippen LogP contribution >= 0.6 is 23.5 Å². The van der Waals surface area contributed by atoms with Gasteiger partial charge in [-0.05, 0) is 23.2 Å². The van der Waals surface area contributed by atoms with E-state index < -0.39 is 0 Å². The van der Waals surface area contributed by atoms with E-state index in [-0.39, 0.29) is 0 Å². The van der Waals surface area contributed by atoms with Crippen molar-refractivity contribution < 1.29 is 0 Å². The van der Waals surface area contributed by atoms with Gasteiger partial charge in [-0.3, -0.25) is 0 Å². The molecule has 0 saturated carbocycles. The summed E-state index contributed by atoms with van der Waals surface area (Å²) < 4.78 is 0. The van der Waals surface area contributed by atoms with Crippen LogP contribution < -0.4 is 0 Å². The minimum absolute atomic E-state index is 0.880. The van der Waals surface area contributed by atoms with Crippen LogP contribution in [0.2, 0.25) is 0 Å². The van der Waals surface area contributed by atoms with Gasteiger partial charge in [0.05, 0.1) is 0 Å². The molecule has 10 heavy (non-hydrogen) atoms. The second-order valence-corrected chi connectivity index (χ2v) is 4.75. The molecule has 1 aliphatic heterocycles. The SMILES string of the molecule is CCC1=CSCC(CC)S1. The second kappa shape index (κ2) is 4.35. The first-order chi connectivity index (χ1) is 4.86. The lowest BCUT2D eigenvalue weighted by molar-refractivity contribution is 0.916. The van der Waals surface area contributed by atoms with Gasteiger partial charge in [0, 0.05) is 11.0 Å². The Morgan fingerprint density at radius 1 is 1.60 bits per heavy atom. The van der Waals surface area contributed by atoms with Gasteiger partial charge in [0.2, 0.25) is 0 Å². The van der Waals surface area contributed by atoms with Gasteiger partial charge in [-0.1, -0.05) is 13.8 Å². The quantitative estimate of drug-likeness (QED) is 0.628. The molecular formula is C8H14S2. The van der Waals surface area contributed by atoms with Crippen LogP contribution in [0.3, 0.4) is 0 Å². The lowest BCUT2D eigenvalue weighted by atomic mass is 10.4. The first-order valence-electron chi connectivity index (χ1n) is 3.84. The summed E-state index contributed by atoms with van der Waals surface area (Å²) in [5.41, 5.74) is 0. The zero-order valence-electron chi connectivity index (χ0n) is 6.59. The van der Waals surface area contributed by atoms with E-state index in [1.807, 2.05) is 11.8 Å². The van der Waals surface area contributed by atoms with E-state index in [1.54, 1.807) is 4.91 Å². The molecule has 0 nitrogen and oxygen atoms in total. The summed E-state index contributed by atoms with van der Waals surface area (Å²) in [4.78, 5) is 1.57. The highest BCUT2D eigenvalue weighted by molar-refractivity contribution is 8.09. The van der Waals surface area contributed by atoms with Gasteiger partial charge in [0.25, 0.3) is 0 Å². The van der Waals surface area contributed by atoms with Crippen LogP contribution in [0, 0.1) is 0 Å². The Balaban J connectivity index is 2.40. The molecule has 2 heteroatoms. The topological polar surface area (TPSA) is 0 Å². The van der Waals surface area contributed by atoms with Crippen LogP contribution in [-0.2, 0) is 0 Å². The third-order valence-electron chi connectivity index (χ3n) is 1.62. The van der Waals surface area contributed by atoms with Crippen molar-refractivity contribution in [3.63, 3.8) is 0 Å². The van der Waals surface area contributed by atoms with E-state index in [9.17, 15) is 0 Å². The minimum atomic E-state index is 0.880. The van der Waals surface area contributed by atoms with Gasteiger partial charge >= 0.3 is 0 Å². The molecule has 0 aromatic carbocycles. The van der Waals surface area contributed by atoms with Gasteiger partial charge < -0.3 is 0 Å². The highest BCUT2D eigenvalue weighted by atomic mass is 32.2. The molecule has 1 unspecified atom stereocenters. The van der Waals surface area contributed by atoms with E-state index in [2.05, 4.69) is 31.0 Å². The molecule has 0 bridgehead atoms. The summed E-state index contributed by atoms with van der Waals surface area (Å²) in [5.74, 6) is 1.31. The molecule has 0 fully saturated rings. The normalized spacial score (nSPS) is 26.2. The molecule has 0 amide bonds. The molecule has 1 rings (SSSR count). The summed E-state index contributed by atoms with van der Waals surface area (Å²) in [6, 6.07) is 0. The van der Waals surface area contributed by atoms with Gasteiger partial charge in [-0.25, -0.2) is 0 Å². The average Bonchev–Trinajstić information content (AvgIpc) is 2.05. The maximum absolute atomic E-state index is 2.32. The number of thioether (sulfide) groups is 2. The molecule has 1 aliphatic rings. The fourth-order valence-corrected chi connectivity index (χ4v) is 3.49. The lowest BCUT2D eigenvalue weighted by Crippen LogP contribution is -2.06. The van der Waals surface area contributed by atoms with Crippen LogP contribution in [0.1, 0.15) is 26.7 Å². The molecule has 0 aliphatic carbocycles. The fraction of sp³-hybridized carbons (Fsp3) is 0.750. The summed E-state index contributed by atoms with van der Waals surface area (Å²) in [6.07, 6.45) is 2.53. The Bertz CT molecular complexity index is 129. The van der Waals surface area contributed by atoms with E-state index in [0.29, 0.717) is 0 Å². The zero-order valence-corrected chi connectivity index (χ0v) is 8.23. The van der Waals surface area contributed by atoms with Crippen molar-refractivity contribution in [2.24, 2.45) is 0 Å². The Morgan fingerprint density at radius 2 is 2.40 bits per heavy atom. The molecule has 1 atom stereocenters. The molecule has 0 aromatic rings. The standard InChI is InChI=1S/C8H14S2/c1-3-7-5-9-6-8(4-2)10-7/h5,8H,3-4,6H2,1-2H3. The first kappa shape index (κ1) is 8.54. The van der Waals surface area contributed by atoms with Crippen LogP contribution in [0.4, 0.5) is 0 Å². The van der Waals surface area contributed by atoms with Crippen molar-refractivity contribution in [2.75, 3.05) is 5.75 Å². The Labute approximate surface area is 71.8 Å². The molecule has 0 N–H and O–H groups in total. The second-order valence-electron chi connectivity index (χ2n) is 2.42. The summed E-state index contributed by atoms with van der Waals surface area (Å²) in [7, 11) is 0. The third kappa shape index (κ3) is 2.24. The van der Waals surface area contributed by atoms with E-state index in [1.165, 1.54) is 18.6 Å².